The number of ether oxygens (including phenoxy) is 1. The number of aromatic nitrogens is 2. The van der Waals surface area contributed by atoms with Crippen LogP contribution in [0.5, 0.6) is 0 Å². The van der Waals surface area contributed by atoms with Crippen molar-refractivity contribution in [1.29, 1.82) is 0 Å². The highest BCUT2D eigenvalue weighted by Gasteiger charge is 2.31. The smallest absolute Gasteiger partial charge is 0.271 e. The molecule has 1 unspecified atom stereocenters. The number of hydrogen-bond acceptors (Lipinski definition) is 5. The number of rotatable bonds is 8. The number of piperidine rings is 1. The number of carbonyl (C=O) groups excluding carboxylic acids is 2. The van der Waals surface area contributed by atoms with Crippen molar-refractivity contribution in [3.8, 4) is 0 Å². The Kier molecular flexibility index (Phi) is 6.50. The molecule has 3 heterocycles. The average molecular weight is 404 g/mol. The predicted octanol–water partition coefficient (Wildman–Crippen LogP) is 1.05. The first-order chi connectivity index (χ1) is 14.1. The molecule has 2 amide bonds. The van der Waals surface area contributed by atoms with Crippen molar-refractivity contribution in [2.24, 2.45) is 11.8 Å². The fraction of sp³-hybridized carbons (Fsp3) is 0.762. The van der Waals surface area contributed by atoms with E-state index in [2.05, 4.69) is 20.4 Å². The first kappa shape index (κ1) is 20.3. The SMILES string of the molecule is CCc1cc(C(=O)NCC2CN(CC3CCN(CC4CC4)CC3)C(=O)CO2)n[nH]1. The number of carbonyl (C=O) groups is 2. The molecule has 8 heteroatoms. The molecule has 1 aliphatic carbocycles. The van der Waals surface area contributed by atoms with E-state index in [1.807, 2.05) is 11.8 Å². The molecule has 160 valence electrons. The summed E-state index contributed by atoms with van der Waals surface area (Å²) in [5, 5.41) is 9.77. The number of amides is 2. The van der Waals surface area contributed by atoms with Gasteiger partial charge in [0.1, 0.15) is 12.3 Å². The number of nitrogens with one attached hydrogen (secondary N) is 2. The number of aryl methyl sites for hydroxylation is 1. The Balaban J connectivity index is 1.20. The molecule has 4 rings (SSSR count). The summed E-state index contributed by atoms with van der Waals surface area (Å²) in [6.45, 7) is 7.42. The number of hydrogen-bond donors (Lipinski definition) is 2. The number of aromatic amines is 1. The van der Waals surface area contributed by atoms with Crippen molar-refractivity contribution < 1.29 is 14.3 Å². The Hall–Kier alpha value is -1.93. The minimum absolute atomic E-state index is 0.0628. The molecule has 1 saturated carbocycles. The molecule has 3 fully saturated rings. The minimum Gasteiger partial charge on any atom is -0.365 e. The lowest BCUT2D eigenvalue weighted by molar-refractivity contribution is -0.149. The molecule has 1 atom stereocenters. The molecule has 1 aromatic rings. The van der Waals surface area contributed by atoms with Gasteiger partial charge in [-0.25, -0.2) is 0 Å². The number of morpholine rings is 1. The van der Waals surface area contributed by atoms with Crippen LogP contribution < -0.4 is 5.32 Å². The van der Waals surface area contributed by atoms with Crippen molar-refractivity contribution in [1.82, 2.24) is 25.3 Å². The summed E-state index contributed by atoms with van der Waals surface area (Å²) in [5.74, 6) is 1.36. The van der Waals surface area contributed by atoms with E-state index in [4.69, 9.17) is 4.74 Å². The second-order valence-electron chi connectivity index (χ2n) is 8.76. The molecule has 29 heavy (non-hydrogen) atoms. The Labute approximate surface area is 172 Å². The Bertz CT molecular complexity index is 709. The summed E-state index contributed by atoms with van der Waals surface area (Å²) >= 11 is 0. The van der Waals surface area contributed by atoms with Crippen LogP contribution >= 0.6 is 0 Å². The second kappa shape index (κ2) is 9.26. The Morgan fingerprint density at radius 3 is 2.69 bits per heavy atom. The number of likely N-dealkylation sites (tertiary alicyclic amines) is 1. The molecule has 0 aromatic carbocycles. The van der Waals surface area contributed by atoms with Crippen LogP contribution in [-0.4, -0.2) is 83.8 Å². The van der Waals surface area contributed by atoms with Gasteiger partial charge >= 0.3 is 0 Å². The van der Waals surface area contributed by atoms with E-state index < -0.39 is 0 Å². The van der Waals surface area contributed by atoms with Crippen LogP contribution in [0.25, 0.3) is 0 Å². The van der Waals surface area contributed by atoms with E-state index >= 15 is 0 Å². The maximum atomic E-state index is 12.3. The van der Waals surface area contributed by atoms with E-state index in [0.717, 1.165) is 50.5 Å². The van der Waals surface area contributed by atoms with Gasteiger partial charge < -0.3 is 19.9 Å². The summed E-state index contributed by atoms with van der Waals surface area (Å²) in [5.41, 5.74) is 1.33. The third-order valence-electron chi connectivity index (χ3n) is 6.35. The zero-order chi connectivity index (χ0) is 20.2. The van der Waals surface area contributed by atoms with Gasteiger partial charge in [0.2, 0.25) is 5.91 Å². The van der Waals surface area contributed by atoms with Gasteiger partial charge in [-0.3, -0.25) is 14.7 Å². The third-order valence-corrected chi connectivity index (χ3v) is 6.35. The van der Waals surface area contributed by atoms with Crippen LogP contribution in [0.2, 0.25) is 0 Å². The van der Waals surface area contributed by atoms with E-state index in [1.54, 1.807) is 6.07 Å². The standard InChI is InChI=1S/C21H33N5O3/c1-2-17-9-19(24-23-17)21(28)22-10-18-13-26(20(27)14-29-18)12-16-5-7-25(8-6-16)11-15-3-4-15/h9,15-16,18H,2-8,10-14H2,1H3,(H,22,28)(H,23,24). The van der Waals surface area contributed by atoms with Gasteiger partial charge in [-0.05, 0) is 63.1 Å². The maximum absolute atomic E-state index is 12.3. The largest absolute Gasteiger partial charge is 0.365 e. The van der Waals surface area contributed by atoms with Gasteiger partial charge in [0.05, 0.1) is 6.10 Å². The molecular weight excluding hydrogens is 370 g/mol. The van der Waals surface area contributed by atoms with E-state index in [1.165, 1.54) is 19.4 Å². The molecule has 8 nitrogen and oxygen atoms in total. The van der Waals surface area contributed by atoms with Gasteiger partial charge in [-0.2, -0.15) is 5.10 Å². The quantitative estimate of drug-likeness (QED) is 0.677. The van der Waals surface area contributed by atoms with Crippen LogP contribution in [0.3, 0.4) is 0 Å². The summed E-state index contributed by atoms with van der Waals surface area (Å²) in [7, 11) is 0. The van der Waals surface area contributed by atoms with Crippen LogP contribution in [0.4, 0.5) is 0 Å². The summed E-state index contributed by atoms with van der Waals surface area (Å²) in [6, 6.07) is 1.77. The van der Waals surface area contributed by atoms with Crippen LogP contribution in [-0.2, 0) is 16.0 Å². The normalized spacial score (nSPS) is 24.1. The molecule has 2 saturated heterocycles. The number of nitrogens with zero attached hydrogens (tertiary/aromatic N) is 3. The van der Waals surface area contributed by atoms with E-state index in [-0.39, 0.29) is 24.5 Å². The first-order valence-electron chi connectivity index (χ1n) is 11.0. The first-order valence-corrected chi connectivity index (χ1v) is 11.0. The lowest BCUT2D eigenvalue weighted by Crippen LogP contribution is -2.52. The zero-order valence-electron chi connectivity index (χ0n) is 17.4. The summed E-state index contributed by atoms with van der Waals surface area (Å²) in [4.78, 5) is 29.1. The third kappa shape index (κ3) is 5.57. The fourth-order valence-corrected chi connectivity index (χ4v) is 4.27. The van der Waals surface area contributed by atoms with Crippen molar-refractivity contribution in [3.63, 3.8) is 0 Å². The van der Waals surface area contributed by atoms with E-state index in [0.29, 0.717) is 24.7 Å². The van der Waals surface area contributed by atoms with Crippen molar-refractivity contribution in [2.75, 3.05) is 45.9 Å². The Morgan fingerprint density at radius 1 is 1.24 bits per heavy atom. The highest BCUT2D eigenvalue weighted by molar-refractivity contribution is 5.92. The van der Waals surface area contributed by atoms with Crippen LogP contribution in [0.1, 0.15) is 48.8 Å². The molecule has 3 aliphatic rings. The summed E-state index contributed by atoms with van der Waals surface area (Å²) < 4.78 is 5.65. The lowest BCUT2D eigenvalue weighted by atomic mass is 9.95. The predicted molar refractivity (Wildman–Crippen MR) is 109 cm³/mol. The van der Waals surface area contributed by atoms with Crippen LogP contribution in [0.15, 0.2) is 6.07 Å². The topological polar surface area (TPSA) is 90.6 Å². The van der Waals surface area contributed by atoms with E-state index in [9.17, 15) is 9.59 Å². The van der Waals surface area contributed by atoms with Crippen molar-refractivity contribution in [3.05, 3.63) is 17.5 Å². The van der Waals surface area contributed by atoms with Gasteiger partial charge in [0.15, 0.2) is 0 Å². The molecule has 2 N–H and O–H groups in total. The average Bonchev–Trinajstić information content (AvgIpc) is 3.41. The van der Waals surface area contributed by atoms with Crippen molar-refractivity contribution in [2.45, 2.75) is 45.1 Å². The van der Waals surface area contributed by atoms with Crippen molar-refractivity contribution >= 4 is 11.8 Å². The van der Waals surface area contributed by atoms with Gasteiger partial charge in [-0.1, -0.05) is 6.92 Å². The molecule has 2 aliphatic heterocycles. The van der Waals surface area contributed by atoms with Gasteiger partial charge in [0.25, 0.3) is 5.91 Å². The highest BCUT2D eigenvalue weighted by atomic mass is 16.5. The second-order valence-corrected chi connectivity index (χ2v) is 8.76. The fourth-order valence-electron chi connectivity index (χ4n) is 4.27. The monoisotopic (exact) mass is 403 g/mol. The maximum Gasteiger partial charge on any atom is 0.271 e. The van der Waals surface area contributed by atoms with Gasteiger partial charge in [-0.15, -0.1) is 0 Å². The van der Waals surface area contributed by atoms with Crippen LogP contribution in [0, 0.1) is 11.8 Å². The minimum atomic E-state index is -0.212. The Morgan fingerprint density at radius 2 is 2.00 bits per heavy atom. The number of H-pyrrole nitrogens is 1. The molecular formula is C21H33N5O3. The highest BCUT2D eigenvalue weighted by Crippen LogP contribution is 2.31. The zero-order valence-corrected chi connectivity index (χ0v) is 17.4. The molecule has 0 spiro atoms. The summed E-state index contributed by atoms with van der Waals surface area (Å²) in [6.07, 6.45) is 5.77. The molecule has 0 bridgehead atoms. The molecule has 0 radical (unpaired) electrons. The molecule has 1 aromatic heterocycles. The lowest BCUT2D eigenvalue weighted by Gasteiger charge is -2.38. The van der Waals surface area contributed by atoms with Gasteiger partial charge in [0, 0.05) is 31.9 Å².